The van der Waals surface area contributed by atoms with Crippen molar-refractivity contribution in [2.24, 2.45) is 0 Å². The number of hydrogen-bond acceptors (Lipinski definition) is 5. The second-order valence-corrected chi connectivity index (χ2v) is 6.49. The summed E-state index contributed by atoms with van der Waals surface area (Å²) in [5.41, 5.74) is 2.15. The molecule has 1 N–H and O–H groups in total. The normalized spacial score (nSPS) is 15.7. The Bertz CT molecular complexity index is 600. The first kappa shape index (κ1) is 16.0. The van der Waals surface area contributed by atoms with E-state index in [9.17, 15) is 0 Å². The molecule has 1 fully saturated rings. The van der Waals surface area contributed by atoms with Crippen molar-refractivity contribution in [2.75, 3.05) is 25.5 Å². The molecule has 1 aliphatic carbocycles. The molecule has 23 heavy (non-hydrogen) atoms. The number of nitrogens with one attached hydrogen (secondary N) is 1. The highest BCUT2D eigenvalue weighted by Crippen LogP contribution is 2.20. The van der Waals surface area contributed by atoms with Gasteiger partial charge in [-0.2, -0.15) is 4.98 Å². The molecular formula is C18H26N4O. The Kier molecular flexibility index (Phi) is 5.28. The zero-order valence-corrected chi connectivity index (χ0v) is 14.1. The summed E-state index contributed by atoms with van der Waals surface area (Å²) in [4.78, 5) is 6.58. The van der Waals surface area contributed by atoms with E-state index in [4.69, 9.17) is 4.52 Å². The lowest BCUT2D eigenvalue weighted by molar-refractivity contribution is 0.351. The fraction of sp³-hybridized carbons (Fsp3) is 0.556. The van der Waals surface area contributed by atoms with E-state index in [0.717, 1.165) is 24.2 Å². The minimum Gasteiger partial charge on any atom is -0.378 e. The van der Waals surface area contributed by atoms with Crippen LogP contribution in [0.15, 0.2) is 28.8 Å². The Labute approximate surface area is 138 Å². The van der Waals surface area contributed by atoms with Crippen LogP contribution in [0.4, 0.5) is 5.69 Å². The first-order valence-electron chi connectivity index (χ1n) is 8.56. The molecule has 5 nitrogen and oxygen atoms in total. The number of rotatable bonds is 6. The summed E-state index contributed by atoms with van der Waals surface area (Å²) in [5.74, 6) is 1.38. The minimum absolute atomic E-state index is 0.669. The van der Waals surface area contributed by atoms with E-state index in [1.165, 1.54) is 32.1 Å². The van der Waals surface area contributed by atoms with E-state index in [1.54, 1.807) is 0 Å². The van der Waals surface area contributed by atoms with Crippen molar-refractivity contribution in [3.05, 3.63) is 30.2 Å². The molecule has 1 heterocycles. The summed E-state index contributed by atoms with van der Waals surface area (Å²) in [5, 5.41) is 7.70. The van der Waals surface area contributed by atoms with E-state index in [0.29, 0.717) is 17.8 Å². The van der Waals surface area contributed by atoms with Crippen LogP contribution in [-0.4, -0.2) is 36.8 Å². The van der Waals surface area contributed by atoms with Gasteiger partial charge in [-0.05, 0) is 37.1 Å². The first-order chi connectivity index (χ1) is 11.2. The van der Waals surface area contributed by atoms with Crippen molar-refractivity contribution in [3.63, 3.8) is 0 Å². The van der Waals surface area contributed by atoms with Crippen LogP contribution in [0.3, 0.4) is 0 Å². The molecule has 2 aromatic rings. The molecular weight excluding hydrogens is 288 g/mol. The molecule has 0 radical (unpaired) electrons. The van der Waals surface area contributed by atoms with Crippen LogP contribution >= 0.6 is 0 Å². The van der Waals surface area contributed by atoms with Gasteiger partial charge < -0.3 is 14.7 Å². The van der Waals surface area contributed by atoms with Gasteiger partial charge in [0.2, 0.25) is 11.7 Å². The molecule has 0 unspecified atom stereocenters. The maximum absolute atomic E-state index is 5.37. The van der Waals surface area contributed by atoms with Crippen LogP contribution in [0.2, 0.25) is 0 Å². The van der Waals surface area contributed by atoms with Crippen LogP contribution in [0.5, 0.6) is 0 Å². The lowest BCUT2D eigenvalue weighted by Gasteiger charge is -2.22. The minimum atomic E-state index is 0.669. The molecule has 0 atom stereocenters. The van der Waals surface area contributed by atoms with Crippen molar-refractivity contribution in [1.82, 2.24) is 15.5 Å². The maximum atomic E-state index is 5.37. The Balaban J connectivity index is 1.53. The monoisotopic (exact) mass is 314 g/mol. The highest BCUT2D eigenvalue weighted by Gasteiger charge is 2.13. The number of hydrogen-bond donors (Lipinski definition) is 1. The third-order valence-corrected chi connectivity index (χ3v) is 4.49. The van der Waals surface area contributed by atoms with Crippen molar-refractivity contribution < 1.29 is 4.52 Å². The van der Waals surface area contributed by atoms with Gasteiger partial charge in [0.05, 0.1) is 0 Å². The van der Waals surface area contributed by atoms with Gasteiger partial charge in [0.1, 0.15) is 0 Å². The quantitative estimate of drug-likeness (QED) is 0.887. The number of nitrogens with zero attached hydrogens (tertiary/aromatic N) is 3. The van der Waals surface area contributed by atoms with Gasteiger partial charge in [-0.1, -0.05) is 24.4 Å². The summed E-state index contributed by atoms with van der Waals surface area (Å²) < 4.78 is 5.37. The van der Waals surface area contributed by atoms with Crippen LogP contribution < -0.4 is 10.2 Å². The molecule has 1 aromatic heterocycles. The Morgan fingerprint density at radius 2 is 1.87 bits per heavy atom. The molecule has 5 heteroatoms. The van der Waals surface area contributed by atoms with Crippen molar-refractivity contribution in [2.45, 2.75) is 44.6 Å². The van der Waals surface area contributed by atoms with E-state index in [-0.39, 0.29) is 0 Å². The maximum Gasteiger partial charge on any atom is 0.228 e. The topological polar surface area (TPSA) is 54.2 Å². The fourth-order valence-corrected chi connectivity index (χ4v) is 3.07. The average Bonchev–Trinajstić information content (AvgIpc) is 3.05. The molecule has 1 saturated carbocycles. The SMILES string of the molecule is CN(C)c1ccc(-c2noc(CCNC3CCCCC3)n2)cc1. The van der Waals surface area contributed by atoms with Crippen molar-refractivity contribution in [1.29, 1.82) is 0 Å². The first-order valence-corrected chi connectivity index (χ1v) is 8.56. The number of anilines is 1. The Morgan fingerprint density at radius 3 is 2.57 bits per heavy atom. The van der Waals surface area contributed by atoms with E-state index < -0.39 is 0 Å². The fourth-order valence-electron chi connectivity index (χ4n) is 3.07. The molecule has 0 amide bonds. The molecule has 1 aliphatic rings. The van der Waals surface area contributed by atoms with Gasteiger partial charge in [-0.15, -0.1) is 0 Å². The summed E-state index contributed by atoms with van der Waals surface area (Å²) in [6, 6.07) is 8.87. The summed E-state index contributed by atoms with van der Waals surface area (Å²) >= 11 is 0. The smallest absolute Gasteiger partial charge is 0.228 e. The number of benzene rings is 1. The molecule has 0 bridgehead atoms. The van der Waals surface area contributed by atoms with Gasteiger partial charge in [0.25, 0.3) is 0 Å². The molecule has 124 valence electrons. The van der Waals surface area contributed by atoms with E-state index in [1.807, 2.05) is 26.2 Å². The second-order valence-electron chi connectivity index (χ2n) is 6.49. The second kappa shape index (κ2) is 7.59. The highest BCUT2D eigenvalue weighted by molar-refractivity contribution is 5.59. The zero-order chi connectivity index (χ0) is 16.1. The van der Waals surface area contributed by atoms with Crippen molar-refractivity contribution >= 4 is 5.69 Å². The standard InChI is InChI=1S/C18H26N4O/c1-22(2)16-10-8-14(9-11-16)18-20-17(23-21-18)12-13-19-15-6-4-3-5-7-15/h8-11,15,19H,3-7,12-13H2,1-2H3. The highest BCUT2D eigenvalue weighted by atomic mass is 16.5. The lowest BCUT2D eigenvalue weighted by Crippen LogP contribution is -2.32. The molecule has 1 aromatic carbocycles. The summed E-state index contributed by atoms with van der Waals surface area (Å²) in [7, 11) is 4.06. The van der Waals surface area contributed by atoms with Crippen molar-refractivity contribution in [3.8, 4) is 11.4 Å². The summed E-state index contributed by atoms with van der Waals surface area (Å²) in [6.07, 6.45) is 7.48. The van der Waals surface area contributed by atoms with Crippen LogP contribution in [0, 0.1) is 0 Å². The molecule has 3 rings (SSSR count). The van der Waals surface area contributed by atoms with Gasteiger partial charge in [0.15, 0.2) is 0 Å². The summed E-state index contributed by atoms with van der Waals surface area (Å²) in [6.45, 7) is 0.909. The predicted molar refractivity (Wildman–Crippen MR) is 92.6 cm³/mol. The van der Waals surface area contributed by atoms with Gasteiger partial charge >= 0.3 is 0 Å². The van der Waals surface area contributed by atoms with Crippen LogP contribution in [0.25, 0.3) is 11.4 Å². The predicted octanol–water partition coefficient (Wildman–Crippen LogP) is 3.27. The van der Waals surface area contributed by atoms with Gasteiger partial charge in [-0.3, -0.25) is 0 Å². The molecule has 0 aliphatic heterocycles. The van der Waals surface area contributed by atoms with Gasteiger partial charge in [-0.25, -0.2) is 0 Å². The molecule has 0 saturated heterocycles. The Morgan fingerprint density at radius 1 is 1.13 bits per heavy atom. The third kappa shape index (κ3) is 4.32. The lowest BCUT2D eigenvalue weighted by atomic mass is 9.95. The van der Waals surface area contributed by atoms with E-state index >= 15 is 0 Å². The third-order valence-electron chi connectivity index (χ3n) is 4.49. The van der Waals surface area contributed by atoms with Crippen LogP contribution in [-0.2, 0) is 6.42 Å². The molecule has 0 spiro atoms. The number of aromatic nitrogens is 2. The van der Waals surface area contributed by atoms with Crippen LogP contribution in [0.1, 0.15) is 38.0 Å². The zero-order valence-electron chi connectivity index (χ0n) is 14.1. The van der Waals surface area contributed by atoms with Gasteiger partial charge in [0, 0.05) is 44.4 Å². The Hall–Kier alpha value is -1.88. The average molecular weight is 314 g/mol. The largest absolute Gasteiger partial charge is 0.378 e. The van der Waals surface area contributed by atoms with E-state index in [2.05, 4.69) is 32.5 Å².